The molecule has 0 aromatic heterocycles. The fraction of sp³-hybridized carbons (Fsp3) is 0.562. The van der Waals surface area contributed by atoms with Crippen molar-refractivity contribution in [1.82, 2.24) is 4.90 Å². The second-order valence-electron chi connectivity index (χ2n) is 5.25. The van der Waals surface area contributed by atoms with Crippen molar-refractivity contribution < 1.29 is 19.4 Å². The summed E-state index contributed by atoms with van der Waals surface area (Å²) in [6, 6.07) is 5.27. The van der Waals surface area contributed by atoms with Gasteiger partial charge in [-0.25, -0.2) is 4.79 Å². The number of carbonyl (C=O) groups excluding carboxylic acids is 1. The predicted molar refractivity (Wildman–Crippen MR) is 86.5 cm³/mol. The van der Waals surface area contributed by atoms with Gasteiger partial charge in [-0.1, -0.05) is 6.92 Å². The van der Waals surface area contributed by atoms with Gasteiger partial charge in [-0.2, -0.15) is 0 Å². The number of methoxy groups -OCH3 is 1. The minimum absolute atomic E-state index is 0.195. The van der Waals surface area contributed by atoms with Crippen LogP contribution >= 0.6 is 0 Å². The first-order chi connectivity index (χ1) is 10.5. The maximum Gasteiger partial charge on any atom is 0.321 e. The molecule has 2 amide bonds. The van der Waals surface area contributed by atoms with E-state index in [2.05, 4.69) is 12.2 Å². The topological polar surface area (TPSA) is 71.0 Å². The number of urea groups is 1. The minimum Gasteiger partial charge on any atom is -0.494 e. The predicted octanol–water partition coefficient (Wildman–Crippen LogP) is 2.25. The fourth-order valence-electron chi connectivity index (χ4n) is 1.94. The Bertz CT molecular complexity index is 479. The van der Waals surface area contributed by atoms with E-state index >= 15 is 0 Å². The number of aliphatic hydroxyl groups excluding tert-OH is 1. The summed E-state index contributed by atoms with van der Waals surface area (Å²) in [6.07, 6.45) is 0.248. The van der Waals surface area contributed by atoms with Crippen molar-refractivity contribution in [1.29, 1.82) is 0 Å². The van der Waals surface area contributed by atoms with Crippen molar-refractivity contribution >= 4 is 11.7 Å². The minimum atomic E-state index is -0.702. The third-order valence-corrected chi connectivity index (χ3v) is 3.10. The molecule has 1 aromatic rings. The van der Waals surface area contributed by atoms with Crippen molar-refractivity contribution in [2.45, 2.75) is 26.4 Å². The molecule has 1 aromatic carbocycles. The third-order valence-electron chi connectivity index (χ3n) is 3.10. The van der Waals surface area contributed by atoms with E-state index < -0.39 is 6.10 Å². The number of nitrogens with one attached hydrogen (secondary N) is 1. The Morgan fingerprint density at radius 1 is 1.45 bits per heavy atom. The van der Waals surface area contributed by atoms with Gasteiger partial charge in [0.25, 0.3) is 0 Å². The summed E-state index contributed by atoms with van der Waals surface area (Å²) < 4.78 is 10.4. The number of likely N-dealkylation sites (N-methyl/N-ethyl adjacent to an activating group) is 1. The van der Waals surface area contributed by atoms with E-state index in [1.165, 1.54) is 12.0 Å². The molecule has 6 heteroatoms. The molecule has 0 aliphatic heterocycles. The van der Waals surface area contributed by atoms with E-state index in [0.29, 0.717) is 6.61 Å². The molecule has 0 aliphatic rings. The van der Waals surface area contributed by atoms with Gasteiger partial charge in [0.1, 0.15) is 5.75 Å². The largest absolute Gasteiger partial charge is 0.494 e. The van der Waals surface area contributed by atoms with Crippen LogP contribution in [0.25, 0.3) is 0 Å². The first-order valence-corrected chi connectivity index (χ1v) is 7.40. The van der Waals surface area contributed by atoms with Gasteiger partial charge in [0.2, 0.25) is 0 Å². The van der Waals surface area contributed by atoms with Gasteiger partial charge in [0.15, 0.2) is 0 Å². The molecular weight excluding hydrogens is 284 g/mol. The van der Waals surface area contributed by atoms with Crippen molar-refractivity contribution in [3.05, 3.63) is 23.8 Å². The zero-order valence-corrected chi connectivity index (χ0v) is 13.8. The molecule has 124 valence electrons. The van der Waals surface area contributed by atoms with Crippen molar-refractivity contribution in [2.75, 3.05) is 39.2 Å². The van der Waals surface area contributed by atoms with E-state index in [1.807, 2.05) is 25.1 Å². The maximum atomic E-state index is 12.1. The molecule has 22 heavy (non-hydrogen) atoms. The van der Waals surface area contributed by atoms with Crippen molar-refractivity contribution in [2.24, 2.45) is 0 Å². The molecule has 6 nitrogen and oxygen atoms in total. The molecule has 2 N–H and O–H groups in total. The summed E-state index contributed by atoms with van der Waals surface area (Å²) in [5, 5.41) is 12.5. The number of anilines is 1. The number of hydrogen-bond donors (Lipinski definition) is 2. The van der Waals surface area contributed by atoms with E-state index in [9.17, 15) is 9.90 Å². The summed E-state index contributed by atoms with van der Waals surface area (Å²) in [6.45, 7) is 5.03. The van der Waals surface area contributed by atoms with Gasteiger partial charge in [-0.3, -0.25) is 0 Å². The number of rotatable bonds is 8. The Labute approximate surface area is 132 Å². The van der Waals surface area contributed by atoms with Gasteiger partial charge in [-0.15, -0.1) is 0 Å². The molecule has 1 rings (SSSR count). The van der Waals surface area contributed by atoms with Crippen LogP contribution in [-0.4, -0.2) is 56.1 Å². The summed E-state index contributed by atoms with van der Waals surface area (Å²) in [4.78, 5) is 13.5. The normalized spacial score (nSPS) is 11.9. The standard InChI is InChI=1S/C16H26N2O4/c1-5-8-22-14-6-7-15(12(2)9-14)17-16(20)18(3)10-13(19)11-21-4/h6-7,9,13,19H,5,8,10-11H2,1-4H3,(H,17,20). The highest BCUT2D eigenvalue weighted by molar-refractivity contribution is 5.90. The molecule has 0 saturated heterocycles. The average Bonchev–Trinajstić information content (AvgIpc) is 2.47. The van der Waals surface area contributed by atoms with Gasteiger partial charge >= 0.3 is 6.03 Å². The van der Waals surface area contributed by atoms with E-state index in [-0.39, 0.29) is 19.2 Å². The lowest BCUT2D eigenvalue weighted by atomic mass is 10.2. The van der Waals surface area contributed by atoms with Crippen LogP contribution in [0.1, 0.15) is 18.9 Å². The first kappa shape index (κ1) is 18.3. The van der Waals surface area contributed by atoms with Crippen LogP contribution in [-0.2, 0) is 4.74 Å². The highest BCUT2D eigenvalue weighted by Gasteiger charge is 2.14. The van der Waals surface area contributed by atoms with E-state index in [4.69, 9.17) is 9.47 Å². The smallest absolute Gasteiger partial charge is 0.321 e. The van der Waals surface area contributed by atoms with Crippen LogP contribution in [0.2, 0.25) is 0 Å². The number of aliphatic hydroxyl groups is 1. The summed E-state index contributed by atoms with van der Waals surface area (Å²) >= 11 is 0. The van der Waals surface area contributed by atoms with Gasteiger partial charge < -0.3 is 24.8 Å². The number of benzene rings is 1. The quantitative estimate of drug-likeness (QED) is 0.772. The Morgan fingerprint density at radius 2 is 2.18 bits per heavy atom. The van der Waals surface area contributed by atoms with Crippen LogP contribution < -0.4 is 10.1 Å². The van der Waals surface area contributed by atoms with Crippen LogP contribution in [0.3, 0.4) is 0 Å². The number of amides is 2. The molecule has 0 saturated carbocycles. The average molecular weight is 310 g/mol. The monoisotopic (exact) mass is 310 g/mol. The fourth-order valence-corrected chi connectivity index (χ4v) is 1.94. The third kappa shape index (κ3) is 5.91. The van der Waals surface area contributed by atoms with E-state index in [1.54, 1.807) is 7.05 Å². The van der Waals surface area contributed by atoms with E-state index in [0.717, 1.165) is 23.4 Å². The highest BCUT2D eigenvalue weighted by Crippen LogP contribution is 2.21. The number of carbonyl (C=O) groups is 1. The number of hydrogen-bond acceptors (Lipinski definition) is 4. The summed E-state index contributed by atoms with van der Waals surface area (Å²) in [7, 11) is 3.14. The SMILES string of the molecule is CCCOc1ccc(NC(=O)N(C)CC(O)COC)c(C)c1. The molecule has 0 radical (unpaired) electrons. The highest BCUT2D eigenvalue weighted by atomic mass is 16.5. The Kier molecular flexibility index (Phi) is 7.70. The maximum absolute atomic E-state index is 12.1. The van der Waals surface area contributed by atoms with Gasteiger partial charge in [0.05, 0.1) is 25.9 Å². The lowest BCUT2D eigenvalue weighted by molar-refractivity contribution is 0.0501. The summed E-state index contributed by atoms with van der Waals surface area (Å²) in [5.74, 6) is 0.793. The Balaban J connectivity index is 2.60. The molecule has 0 aliphatic carbocycles. The number of aryl methyl sites for hydroxylation is 1. The second kappa shape index (κ2) is 9.27. The van der Waals surface area contributed by atoms with Crippen LogP contribution in [0.4, 0.5) is 10.5 Å². The molecular formula is C16H26N2O4. The molecule has 0 fully saturated rings. The lowest BCUT2D eigenvalue weighted by Crippen LogP contribution is -2.38. The number of ether oxygens (including phenoxy) is 2. The second-order valence-corrected chi connectivity index (χ2v) is 5.25. The lowest BCUT2D eigenvalue weighted by Gasteiger charge is -2.21. The van der Waals surface area contributed by atoms with Gasteiger partial charge in [0, 0.05) is 19.8 Å². The van der Waals surface area contributed by atoms with Crippen LogP contribution in [0.5, 0.6) is 5.75 Å². The van der Waals surface area contributed by atoms with Crippen molar-refractivity contribution in [3.8, 4) is 5.75 Å². The molecule has 0 bridgehead atoms. The molecule has 0 spiro atoms. The first-order valence-electron chi connectivity index (χ1n) is 7.40. The summed E-state index contributed by atoms with van der Waals surface area (Å²) in [5.41, 5.74) is 1.65. The molecule has 1 atom stereocenters. The zero-order chi connectivity index (χ0) is 16.5. The van der Waals surface area contributed by atoms with Gasteiger partial charge in [-0.05, 0) is 37.1 Å². The van der Waals surface area contributed by atoms with Crippen molar-refractivity contribution in [3.63, 3.8) is 0 Å². The number of nitrogens with zero attached hydrogens (tertiary/aromatic N) is 1. The van der Waals surface area contributed by atoms with Crippen LogP contribution in [0, 0.1) is 6.92 Å². The Hall–Kier alpha value is -1.79. The van der Waals surface area contributed by atoms with Crippen LogP contribution in [0.15, 0.2) is 18.2 Å². The Morgan fingerprint density at radius 3 is 2.77 bits per heavy atom. The molecule has 0 heterocycles. The zero-order valence-electron chi connectivity index (χ0n) is 13.8. The molecule has 1 unspecified atom stereocenters.